The van der Waals surface area contributed by atoms with E-state index in [1.165, 1.54) is 0 Å². The van der Waals surface area contributed by atoms with E-state index >= 15 is 0 Å². The van der Waals surface area contributed by atoms with Crippen LogP contribution in [-0.2, 0) is 14.6 Å². The molecule has 1 atom stereocenters. The highest BCUT2D eigenvalue weighted by atomic mass is 35.5. The van der Waals surface area contributed by atoms with Crippen molar-refractivity contribution in [2.75, 3.05) is 25.9 Å². The van der Waals surface area contributed by atoms with E-state index in [2.05, 4.69) is 10.6 Å². The summed E-state index contributed by atoms with van der Waals surface area (Å²) in [6, 6.07) is 6.62. The second-order valence-electron chi connectivity index (χ2n) is 5.79. The molecule has 1 saturated heterocycles. The zero-order valence-corrected chi connectivity index (χ0v) is 14.5. The Balaban J connectivity index is 2.06. The Kier molecular flexibility index (Phi) is 5.67. The molecular weight excluding hydrogens is 340 g/mol. The molecule has 0 aliphatic carbocycles. The van der Waals surface area contributed by atoms with Crippen LogP contribution >= 0.6 is 11.6 Å². The number of aliphatic hydroxyl groups excluding tert-OH is 1. The van der Waals surface area contributed by atoms with Gasteiger partial charge >= 0.3 is 0 Å². The quantitative estimate of drug-likeness (QED) is 0.716. The lowest BCUT2D eigenvalue weighted by Crippen LogP contribution is -2.57. The predicted molar refractivity (Wildman–Crippen MR) is 89.1 cm³/mol. The molecule has 0 radical (unpaired) electrons. The Bertz CT molecular complexity index is 655. The summed E-state index contributed by atoms with van der Waals surface area (Å²) in [5, 5.41) is 16.3. The number of carbonyl (C=O) groups is 1. The molecule has 1 aliphatic rings. The first kappa shape index (κ1) is 18.2. The number of piperidine rings is 1. The zero-order valence-electron chi connectivity index (χ0n) is 12.9. The smallest absolute Gasteiger partial charge is 0.241 e. The summed E-state index contributed by atoms with van der Waals surface area (Å²) >= 11 is 5.79. The maximum atomic E-state index is 12.5. The van der Waals surface area contributed by atoms with Crippen molar-refractivity contribution < 1.29 is 18.3 Å². The third-order valence-corrected chi connectivity index (χ3v) is 6.51. The van der Waals surface area contributed by atoms with Gasteiger partial charge in [-0.1, -0.05) is 23.7 Å². The molecule has 0 aromatic heterocycles. The fourth-order valence-corrected chi connectivity index (χ4v) is 4.23. The molecule has 1 unspecified atom stereocenters. The summed E-state index contributed by atoms with van der Waals surface area (Å²) in [6.07, 6.45) is 0.631. The van der Waals surface area contributed by atoms with Crippen molar-refractivity contribution in [3.05, 3.63) is 34.9 Å². The van der Waals surface area contributed by atoms with Crippen molar-refractivity contribution in [1.82, 2.24) is 10.6 Å². The normalized spacial score (nSPS) is 19.1. The molecule has 1 aliphatic heterocycles. The van der Waals surface area contributed by atoms with Crippen LogP contribution in [0.2, 0.25) is 5.02 Å². The first-order chi connectivity index (χ1) is 10.8. The monoisotopic (exact) mass is 360 g/mol. The van der Waals surface area contributed by atoms with Crippen LogP contribution in [0, 0.1) is 0 Å². The first-order valence-electron chi connectivity index (χ1n) is 7.38. The molecule has 3 N–H and O–H groups in total. The number of benzene rings is 1. The number of sulfone groups is 1. The maximum absolute atomic E-state index is 12.5. The minimum absolute atomic E-state index is 0.0504. The number of hydrogen-bond donors (Lipinski definition) is 3. The number of nitrogens with one attached hydrogen (secondary N) is 2. The van der Waals surface area contributed by atoms with Gasteiger partial charge in [-0.15, -0.1) is 0 Å². The molecule has 6 nitrogen and oxygen atoms in total. The standard InChI is InChI=1S/C15H21ClN2O4S/c1-23(21,22)15(6-8-17-9-7-15)14(20)18-10-13(19)11-2-4-12(16)5-3-11/h2-5,13,17,19H,6-10H2,1H3,(H,18,20). The van der Waals surface area contributed by atoms with Crippen LogP contribution in [0.4, 0.5) is 0 Å². The van der Waals surface area contributed by atoms with Crippen LogP contribution in [0.25, 0.3) is 0 Å². The number of hydrogen-bond acceptors (Lipinski definition) is 5. The van der Waals surface area contributed by atoms with Crippen molar-refractivity contribution in [3.63, 3.8) is 0 Å². The number of rotatable bonds is 5. The molecule has 8 heteroatoms. The summed E-state index contributed by atoms with van der Waals surface area (Å²) in [6.45, 7) is 0.894. The zero-order chi connectivity index (χ0) is 17.1. The molecule has 1 fully saturated rings. The van der Waals surface area contributed by atoms with Gasteiger partial charge in [-0.3, -0.25) is 4.79 Å². The second kappa shape index (κ2) is 7.17. The molecule has 1 heterocycles. The predicted octanol–water partition coefficient (Wildman–Crippen LogP) is 0.656. The van der Waals surface area contributed by atoms with Gasteiger partial charge in [0.15, 0.2) is 14.6 Å². The van der Waals surface area contributed by atoms with Crippen molar-refractivity contribution in [1.29, 1.82) is 0 Å². The maximum Gasteiger partial charge on any atom is 0.241 e. The summed E-state index contributed by atoms with van der Waals surface area (Å²) in [4.78, 5) is 12.5. The van der Waals surface area contributed by atoms with Gasteiger partial charge in [0.05, 0.1) is 6.10 Å². The third kappa shape index (κ3) is 4.03. The number of halogens is 1. The molecular formula is C15H21ClN2O4S. The summed E-state index contributed by atoms with van der Waals surface area (Å²) in [7, 11) is -3.56. The molecule has 1 amide bonds. The molecule has 23 heavy (non-hydrogen) atoms. The average molecular weight is 361 g/mol. The molecule has 128 valence electrons. The lowest BCUT2D eigenvalue weighted by atomic mass is 9.95. The Labute approximate surface area is 141 Å². The molecule has 1 aromatic carbocycles. The highest BCUT2D eigenvalue weighted by Crippen LogP contribution is 2.28. The number of aliphatic hydroxyl groups is 1. The van der Waals surface area contributed by atoms with E-state index in [4.69, 9.17) is 11.6 Å². The van der Waals surface area contributed by atoms with Crippen molar-refractivity contribution in [2.24, 2.45) is 0 Å². The van der Waals surface area contributed by atoms with Crippen LogP contribution in [0.15, 0.2) is 24.3 Å². The Morgan fingerprint density at radius 3 is 2.43 bits per heavy atom. The van der Waals surface area contributed by atoms with Crippen LogP contribution < -0.4 is 10.6 Å². The van der Waals surface area contributed by atoms with Crippen LogP contribution in [0.5, 0.6) is 0 Å². The van der Waals surface area contributed by atoms with E-state index in [0.29, 0.717) is 23.7 Å². The topological polar surface area (TPSA) is 95.5 Å². The third-order valence-electron chi connectivity index (χ3n) is 4.25. The Hall–Kier alpha value is -1.15. The minimum atomic E-state index is -3.56. The Morgan fingerprint density at radius 1 is 1.35 bits per heavy atom. The van der Waals surface area contributed by atoms with Gasteiger partial charge < -0.3 is 15.7 Å². The second-order valence-corrected chi connectivity index (χ2v) is 8.56. The highest BCUT2D eigenvalue weighted by Gasteiger charge is 2.48. The fraction of sp³-hybridized carbons (Fsp3) is 0.533. The molecule has 0 saturated carbocycles. The van der Waals surface area contributed by atoms with Crippen LogP contribution in [-0.4, -0.2) is 50.1 Å². The van der Waals surface area contributed by atoms with Crippen molar-refractivity contribution >= 4 is 27.3 Å². The van der Waals surface area contributed by atoms with Gasteiger partial charge in [-0.2, -0.15) is 0 Å². The summed E-state index contributed by atoms with van der Waals surface area (Å²) in [5.41, 5.74) is 0.605. The van der Waals surface area contributed by atoms with Crippen molar-refractivity contribution in [2.45, 2.75) is 23.7 Å². The van der Waals surface area contributed by atoms with Crippen LogP contribution in [0.3, 0.4) is 0 Å². The van der Waals surface area contributed by atoms with E-state index in [1.54, 1.807) is 24.3 Å². The fourth-order valence-electron chi connectivity index (χ4n) is 2.75. The van der Waals surface area contributed by atoms with Gasteiger partial charge in [0.2, 0.25) is 5.91 Å². The highest BCUT2D eigenvalue weighted by molar-refractivity contribution is 7.92. The SMILES string of the molecule is CS(=O)(=O)C1(C(=O)NCC(O)c2ccc(Cl)cc2)CCNCC1. The van der Waals surface area contributed by atoms with Crippen molar-refractivity contribution in [3.8, 4) is 0 Å². The van der Waals surface area contributed by atoms with E-state index in [0.717, 1.165) is 6.26 Å². The van der Waals surface area contributed by atoms with Gasteiger partial charge in [-0.25, -0.2) is 8.42 Å². The van der Waals surface area contributed by atoms with E-state index in [9.17, 15) is 18.3 Å². The van der Waals surface area contributed by atoms with Gasteiger partial charge in [0, 0.05) is 17.8 Å². The van der Waals surface area contributed by atoms with Gasteiger partial charge in [-0.05, 0) is 43.6 Å². The van der Waals surface area contributed by atoms with E-state index in [1.807, 2.05) is 0 Å². The largest absolute Gasteiger partial charge is 0.387 e. The van der Waals surface area contributed by atoms with Gasteiger partial charge in [0.25, 0.3) is 0 Å². The molecule has 1 aromatic rings. The number of amides is 1. The first-order valence-corrected chi connectivity index (χ1v) is 9.65. The average Bonchev–Trinajstić information content (AvgIpc) is 2.52. The minimum Gasteiger partial charge on any atom is -0.387 e. The lowest BCUT2D eigenvalue weighted by molar-refractivity contribution is -0.124. The summed E-state index contributed by atoms with van der Waals surface area (Å²) in [5.74, 6) is -0.547. The Morgan fingerprint density at radius 2 is 1.91 bits per heavy atom. The van der Waals surface area contributed by atoms with Crippen LogP contribution in [0.1, 0.15) is 24.5 Å². The lowest BCUT2D eigenvalue weighted by Gasteiger charge is -2.34. The molecule has 2 rings (SSSR count). The van der Waals surface area contributed by atoms with Gasteiger partial charge in [0.1, 0.15) is 0 Å². The number of carbonyl (C=O) groups excluding carboxylic acids is 1. The molecule has 0 bridgehead atoms. The summed E-state index contributed by atoms with van der Waals surface area (Å²) < 4.78 is 22.9. The molecule has 0 spiro atoms. The van der Waals surface area contributed by atoms with E-state index < -0.39 is 26.6 Å². The van der Waals surface area contributed by atoms with E-state index in [-0.39, 0.29) is 19.4 Å².